The quantitative estimate of drug-likeness (QED) is 0.594. The van der Waals surface area contributed by atoms with Crippen molar-refractivity contribution < 1.29 is 0 Å². The molecule has 0 aliphatic rings. The third-order valence-corrected chi connectivity index (χ3v) is 4.22. The summed E-state index contributed by atoms with van der Waals surface area (Å²) in [5.74, 6) is 0.494. The van der Waals surface area contributed by atoms with Crippen molar-refractivity contribution in [2.24, 2.45) is 0 Å². The van der Waals surface area contributed by atoms with E-state index in [1.165, 1.54) is 0 Å². The average Bonchev–Trinajstić information content (AvgIpc) is 3.16. The second-order valence-electron chi connectivity index (χ2n) is 4.57. The van der Waals surface area contributed by atoms with Crippen molar-refractivity contribution >= 4 is 28.2 Å². The first kappa shape index (κ1) is 12.0. The molecule has 0 bridgehead atoms. The molecule has 4 rings (SSSR count). The number of hydrogen-bond acceptors (Lipinski definition) is 5. The first-order chi connectivity index (χ1) is 10.3. The van der Waals surface area contributed by atoms with Gasteiger partial charge in [0.25, 0.3) is 0 Å². The van der Waals surface area contributed by atoms with E-state index >= 15 is 0 Å². The van der Waals surface area contributed by atoms with Gasteiger partial charge in [-0.05, 0) is 17.5 Å². The summed E-state index contributed by atoms with van der Waals surface area (Å²) >= 11 is 1.63. The summed E-state index contributed by atoms with van der Waals surface area (Å²) in [7, 11) is 0. The minimum absolute atomic E-state index is 0.494. The van der Waals surface area contributed by atoms with E-state index in [2.05, 4.69) is 20.2 Å². The average molecular weight is 293 g/mol. The number of nitrogens with zero attached hydrogens (tertiary/aromatic N) is 3. The highest BCUT2D eigenvalue weighted by Gasteiger charge is 2.17. The highest BCUT2D eigenvalue weighted by atomic mass is 32.1. The van der Waals surface area contributed by atoms with Crippen LogP contribution >= 0.6 is 11.3 Å². The van der Waals surface area contributed by atoms with Crippen molar-refractivity contribution in [2.75, 3.05) is 5.73 Å². The van der Waals surface area contributed by atoms with Crippen LogP contribution in [0.15, 0.2) is 48.1 Å². The van der Waals surface area contributed by atoms with Gasteiger partial charge in [0.05, 0.1) is 22.3 Å². The molecule has 3 heterocycles. The lowest BCUT2D eigenvalue weighted by Crippen LogP contribution is -1.89. The lowest BCUT2D eigenvalue weighted by atomic mass is 10.0. The lowest BCUT2D eigenvalue weighted by molar-refractivity contribution is 1.10. The standard InChI is InChI=1S/C15H11N5S/c16-15-12(11-5-2-8-21-11)14(19-20-15)9-3-1-4-10-13(9)18-7-6-17-10/h1-8H,(H3,16,19,20). The van der Waals surface area contributed by atoms with E-state index in [1.807, 2.05) is 35.7 Å². The van der Waals surface area contributed by atoms with Gasteiger partial charge in [-0.25, -0.2) is 0 Å². The van der Waals surface area contributed by atoms with Gasteiger partial charge < -0.3 is 5.73 Å². The SMILES string of the molecule is Nc1n[nH]c(-c2cccc3nccnc23)c1-c1cccs1. The number of thiophene rings is 1. The predicted molar refractivity (Wildman–Crippen MR) is 84.8 cm³/mol. The highest BCUT2D eigenvalue weighted by Crippen LogP contribution is 2.38. The smallest absolute Gasteiger partial charge is 0.154 e. The summed E-state index contributed by atoms with van der Waals surface area (Å²) < 4.78 is 0. The van der Waals surface area contributed by atoms with Crippen LogP contribution in [0.2, 0.25) is 0 Å². The summed E-state index contributed by atoms with van der Waals surface area (Å²) in [5, 5.41) is 9.22. The summed E-state index contributed by atoms with van der Waals surface area (Å²) in [5.41, 5.74) is 10.5. The van der Waals surface area contributed by atoms with Gasteiger partial charge in [0.2, 0.25) is 0 Å². The Hall–Kier alpha value is -2.73. The van der Waals surface area contributed by atoms with Crippen LogP contribution in [0.3, 0.4) is 0 Å². The Labute approximate surface area is 124 Å². The molecule has 0 saturated carbocycles. The molecule has 3 aromatic heterocycles. The minimum atomic E-state index is 0.494. The van der Waals surface area contributed by atoms with E-state index in [-0.39, 0.29) is 0 Å². The maximum Gasteiger partial charge on any atom is 0.154 e. The van der Waals surface area contributed by atoms with Crippen molar-refractivity contribution in [1.29, 1.82) is 0 Å². The number of aromatic nitrogens is 4. The summed E-state index contributed by atoms with van der Waals surface area (Å²) in [6.07, 6.45) is 3.38. The third-order valence-electron chi connectivity index (χ3n) is 3.33. The van der Waals surface area contributed by atoms with Crippen molar-refractivity contribution in [1.82, 2.24) is 20.2 Å². The van der Waals surface area contributed by atoms with Crippen LogP contribution in [0, 0.1) is 0 Å². The second-order valence-corrected chi connectivity index (χ2v) is 5.51. The van der Waals surface area contributed by atoms with Crippen LogP contribution in [0.25, 0.3) is 32.7 Å². The fourth-order valence-electron chi connectivity index (χ4n) is 2.42. The van der Waals surface area contributed by atoms with Crippen molar-refractivity contribution in [3.63, 3.8) is 0 Å². The van der Waals surface area contributed by atoms with E-state index in [0.717, 1.165) is 32.7 Å². The summed E-state index contributed by atoms with van der Waals surface area (Å²) in [4.78, 5) is 9.86. The molecule has 4 aromatic rings. The first-order valence-corrected chi connectivity index (χ1v) is 7.30. The molecule has 21 heavy (non-hydrogen) atoms. The van der Waals surface area contributed by atoms with Crippen molar-refractivity contribution in [2.45, 2.75) is 0 Å². The molecule has 5 nitrogen and oxygen atoms in total. The monoisotopic (exact) mass is 293 g/mol. The number of H-pyrrole nitrogens is 1. The molecule has 3 N–H and O–H groups in total. The number of nitrogens with two attached hydrogens (primary N) is 1. The van der Waals surface area contributed by atoms with Gasteiger partial charge in [0.15, 0.2) is 5.82 Å². The zero-order valence-electron chi connectivity index (χ0n) is 10.9. The molecule has 102 valence electrons. The normalized spacial score (nSPS) is 11.0. The Morgan fingerprint density at radius 2 is 1.95 bits per heavy atom. The third kappa shape index (κ3) is 1.88. The number of fused-ring (bicyclic) bond motifs is 1. The molecular formula is C15H11N5S. The first-order valence-electron chi connectivity index (χ1n) is 6.42. The summed E-state index contributed by atoms with van der Waals surface area (Å²) in [6.45, 7) is 0. The Morgan fingerprint density at radius 1 is 1.05 bits per heavy atom. The fourth-order valence-corrected chi connectivity index (χ4v) is 3.20. The molecule has 1 aromatic carbocycles. The molecule has 6 heteroatoms. The molecule has 0 unspecified atom stereocenters. The second kappa shape index (κ2) is 4.68. The lowest BCUT2D eigenvalue weighted by Gasteiger charge is -2.05. The molecule has 0 atom stereocenters. The van der Waals surface area contributed by atoms with E-state index in [1.54, 1.807) is 23.7 Å². The Bertz CT molecular complexity index is 906. The molecule has 0 amide bonds. The van der Waals surface area contributed by atoms with Crippen LogP contribution < -0.4 is 5.73 Å². The number of nitrogens with one attached hydrogen (secondary N) is 1. The van der Waals surface area contributed by atoms with Gasteiger partial charge >= 0.3 is 0 Å². The van der Waals surface area contributed by atoms with E-state index < -0.39 is 0 Å². The fraction of sp³-hybridized carbons (Fsp3) is 0. The molecule has 0 fully saturated rings. The Morgan fingerprint density at radius 3 is 2.81 bits per heavy atom. The number of rotatable bonds is 2. The topological polar surface area (TPSA) is 80.5 Å². The zero-order valence-corrected chi connectivity index (χ0v) is 11.8. The van der Waals surface area contributed by atoms with E-state index in [9.17, 15) is 0 Å². The molecule has 0 saturated heterocycles. The number of anilines is 1. The number of benzene rings is 1. The molecule has 0 aliphatic heterocycles. The van der Waals surface area contributed by atoms with E-state index in [0.29, 0.717) is 5.82 Å². The molecular weight excluding hydrogens is 282 g/mol. The van der Waals surface area contributed by atoms with Crippen LogP contribution in [0.5, 0.6) is 0 Å². The van der Waals surface area contributed by atoms with Gasteiger partial charge in [-0.1, -0.05) is 18.2 Å². The number of nitrogen functional groups attached to an aromatic ring is 1. The van der Waals surface area contributed by atoms with Gasteiger partial charge in [-0.15, -0.1) is 11.3 Å². The number of hydrogen-bond donors (Lipinski definition) is 2. The van der Waals surface area contributed by atoms with Crippen molar-refractivity contribution in [3.8, 4) is 21.7 Å². The molecule has 0 radical (unpaired) electrons. The maximum absolute atomic E-state index is 6.04. The number of aromatic amines is 1. The van der Waals surface area contributed by atoms with Crippen molar-refractivity contribution in [3.05, 3.63) is 48.1 Å². The zero-order chi connectivity index (χ0) is 14.2. The van der Waals surface area contributed by atoms with Crippen LogP contribution in [-0.4, -0.2) is 20.2 Å². The van der Waals surface area contributed by atoms with Gasteiger partial charge in [-0.2, -0.15) is 5.10 Å². The predicted octanol–water partition coefficient (Wildman–Crippen LogP) is 3.33. The summed E-state index contributed by atoms with van der Waals surface area (Å²) in [6, 6.07) is 9.93. The Kier molecular flexibility index (Phi) is 2.68. The highest BCUT2D eigenvalue weighted by molar-refractivity contribution is 7.13. The van der Waals surface area contributed by atoms with Crippen LogP contribution in [0.1, 0.15) is 0 Å². The van der Waals surface area contributed by atoms with E-state index in [4.69, 9.17) is 5.73 Å². The molecule has 0 aliphatic carbocycles. The van der Waals surface area contributed by atoms with Gasteiger partial charge in [0, 0.05) is 22.8 Å². The van der Waals surface area contributed by atoms with Crippen LogP contribution in [-0.2, 0) is 0 Å². The largest absolute Gasteiger partial charge is 0.382 e. The molecule has 0 spiro atoms. The Balaban J connectivity index is 2.03. The maximum atomic E-state index is 6.04. The minimum Gasteiger partial charge on any atom is -0.382 e. The van der Waals surface area contributed by atoms with Gasteiger partial charge in [-0.3, -0.25) is 15.1 Å². The number of para-hydroxylation sites is 1. The van der Waals surface area contributed by atoms with Crippen LogP contribution in [0.4, 0.5) is 5.82 Å². The van der Waals surface area contributed by atoms with Gasteiger partial charge in [0.1, 0.15) is 0 Å².